The van der Waals surface area contributed by atoms with E-state index >= 15 is 0 Å². The van der Waals surface area contributed by atoms with E-state index in [2.05, 4.69) is 63.8 Å². The second-order valence-corrected chi connectivity index (χ2v) is 8.14. The molecule has 27 heavy (non-hydrogen) atoms. The predicted molar refractivity (Wildman–Crippen MR) is 118 cm³/mol. The molecule has 2 rings (SSSR count). The first kappa shape index (κ1) is 21.7. The van der Waals surface area contributed by atoms with Gasteiger partial charge in [0.25, 0.3) is 0 Å². The van der Waals surface area contributed by atoms with E-state index in [-0.39, 0.29) is 11.2 Å². The zero-order valence-corrected chi connectivity index (χ0v) is 18.6. The molecule has 0 amide bonds. The van der Waals surface area contributed by atoms with Crippen molar-refractivity contribution in [1.29, 1.82) is 0 Å². The SMILES string of the molecule is CC=C(/N=C(/N=N/c1c(CCCC)nn2nc(C(C)C)[nH]c12)SC)C(C)S. The van der Waals surface area contributed by atoms with Crippen molar-refractivity contribution in [2.75, 3.05) is 6.26 Å². The Morgan fingerprint density at radius 1 is 1.33 bits per heavy atom. The van der Waals surface area contributed by atoms with Gasteiger partial charge in [-0.1, -0.05) is 45.0 Å². The smallest absolute Gasteiger partial charge is 0.209 e. The fraction of sp³-hybridized carbons (Fsp3) is 0.611. The molecule has 9 heteroatoms. The number of aliphatic imine (C=N–C) groups is 1. The number of allylic oxidation sites excluding steroid dienone is 1. The molecule has 2 aromatic heterocycles. The maximum atomic E-state index is 4.61. The molecule has 0 fully saturated rings. The Morgan fingerprint density at radius 2 is 2.07 bits per heavy atom. The summed E-state index contributed by atoms with van der Waals surface area (Å²) in [6.07, 6.45) is 6.86. The van der Waals surface area contributed by atoms with Crippen LogP contribution in [0.2, 0.25) is 0 Å². The monoisotopic (exact) mass is 407 g/mol. The van der Waals surface area contributed by atoms with Gasteiger partial charge in [-0.3, -0.25) is 0 Å². The number of H-pyrrole nitrogens is 1. The summed E-state index contributed by atoms with van der Waals surface area (Å²) < 4.78 is 1.64. The van der Waals surface area contributed by atoms with Crippen LogP contribution >= 0.6 is 24.4 Å². The van der Waals surface area contributed by atoms with Crippen LogP contribution < -0.4 is 0 Å². The van der Waals surface area contributed by atoms with Gasteiger partial charge in [-0.2, -0.15) is 17.7 Å². The van der Waals surface area contributed by atoms with Crippen molar-refractivity contribution < 1.29 is 0 Å². The molecular formula is C18H29N7S2. The van der Waals surface area contributed by atoms with Crippen LogP contribution in [0.15, 0.2) is 27.0 Å². The van der Waals surface area contributed by atoms with Gasteiger partial charge in [0, 0.05) is 11.2 Å². The fourth-order valence-corrected chi connectivity index (χ4v) is 2.99. The van der Waals surface area contributed by atoms with Gasteiger partial charge in [-0.15, -0.1) is 20.0 Å². The van der Waals surface area contributed by atoms with Crippen LogP contribution in [-0.2, 0) is 6.42 Å². The van der Waals surface area contributed by atoms with Crippen molar-refractivity contribution in [3.63, 3.8) is 0 Å². The molecule has 0 saturated heterocycles. The molecule has 0 aliphatic rings. The van der Waals surface area contributed by atoms with Crippen molar-refractivity contribution in [1.82, 2.24) is 19.8 Å². The molecule has 2 aromatic rings. The average molecular weight is 408 g/mol. The number of hydrogen-bond donors (Lipinski definition) is 2. The first-order chi connectivity index (χ1) is 12.9. The number of nitrogens with zero attached hydrogens (tertiary/aromatic N) is 6. The molecule has 2 heterocycles. The van der Waals surface area contributed by atoms with Crippen LogP contribution in [0.25, 0.3) is 5.65 Å². The highest BCUT2D eigenvalue weighted by molar-refractivity contribution is 8.13. The van der Waals surface area contributed by atoms with Gasteiger partial charge < -0.3 is 4.98 Å². The highest BCUT2D eigenvalue weighted by Gasteiger charge is 2.17. The summed E-state index contributed by atoms with van der Waals surface area (Å²) in [5.74, 6) is 1.17. The third-order valence-electron chi connectivity index (χ3n) is 4.04. The Kier molecular flexibility index (Phi) is 8.09. The zero-order chi connectivity index (χ0) is 20.0. The molecule has 1 unspecified atom stereocenters. The van der Waals surface area contributed by atoms with E-state index < -0.39 is 0 Å². The summed E-state index contributed by atoms with van der Waals surface area (Å²) >= 11 is 5.91. The number of rotatable bonds is 7. The van der Waals surface area contributed by atoms with Gasteiger partial charge in [0.2, 0.25) is 5.17 Å². The second kappa shape index (κ2) is 10.1. The molecule has 0 saturated carbocycles. The van der Waals surface area contributed by atoms with E-state index in [1.54, 1.807) is 4.63 Å². The van der Waals surface area contributed by atoms with Crippen molar-refractivity contribution in [2.24, 2.45) is 15.2 Å². The second-order valence-electron chi connectivity index (χ2n) is 6.59. The molecule has 0 aromatic carbocycles. The molecule has 1 N–H and O–H groups in total. The highest BCUT2D eigenvalue weighted by atomic mass is 32.2. The fourth-order valence-electron chi connectivity index (χ4n) is 2.46. The molecule has 0 radical (unpaired) electrons. The topological polar surface area (TPSA) is 83.1 Å². The van der Waals surface area contributed by atoms with Crippen LogP contribution in [0.3, 0.4) is 0 Å². The number of unbranched alkanes of at least 4 members (excludes halogenated alkanes) is 1. The summed E-state index contributed by atoms with van der Waals surface area (Å²) in [5, 5.41) is 18.7. The van der Waals surface area contributed by atoms with E-state index in [4.69, 9.17) is 0 Å². The third-order valence-corrected chi connectivity index (χ3v) is 4.85. The van der Waals surface area contributed by atoms with Crippen molar-refractivity contribution in [2.45, 2.75) is 65.0 Å². The van der Waals surface area contributed by atoms with E-state index in [1.807, 2.05) is 26.2 Å². The standard InChI is InChI=1S/C18H29N7S2/c1-7-9-10-14-15(17-20-16(11(3)4)24-25(17)23-14)21-22-18(27-6)19-13(8-2)12(5)26/h8,11-12,26H,7,9-10H2,1-6H3,(H,20,24)/b13-8?,19-18-,22-21+. The molecule has 0 spiro atoms. The third kappa shape index (κ3) is 5.44. The lowest BCUT2D eigenvalue weighted by molar-refractivity contribution is 0.704. The van der Waals surface area contributed by atoms with Gasteiger partial charge in [0.15, 0.2) is 11.3 Å². The van der Waals surface area contributed by atoms with Crippen molar-refractivity contribution in [3.8, 4) is 0 Å². The number of aryl methyl sites for hydroxylation is 1. The molecular weight excluding hydrogens is 378 g/mol. The molecule has 0 aliphatic carbocycles. The number of thiol groups is 1. The lowest BCUT2D eigenvalue weighted by Crippen LogP contribution is -1.97. The molecule has 0 bridgehead atoms. The van der Waals surface area contributed by atoms with E-state index in [1.165, 1.54) is 11.8 Å². The Morgan fingerprint density at radius 3 is 2.63 bits per heavy atom. The molecule has 148 valence electrons. The lowest BCUT2D eigenvalue weighted by Gasteiger charge is -2.04. The Hall–Kier alpha value is -1.61. The van der Waals surface area contributed by atoms with Gasteiger partial charge in [-0.05, 0) is 32.9 Å². The Balaban J connectivity index is 2.44. The predicted octanol–water partition coefficient (Wildman–Crippen LogP) is 5.55. The largest absolute Gasteiger partial charge is 0.323 e. The Bertz CT molecular complexity index is 843. The maximum Gasteiger partial charge on any atom is 0.209 e. The van der Waals surface area contributed by atoms with Gasteiger partial charge in [0.05, 0.1) is 11.4 Å². The summed E-state index contributed by atoms with van der Waals surface area (Å²) in [6.45, 7) is 10.3. The number of amidine groups is 1. The number of hydrogen-bond acceptors (Lipinski definition) is 6. The molecule has 0 aliphatic heterocycles. The quantitative estimate of drug-likeness (QED) is 0.273. The summed E-state index contributed by atoms with van der Waals surface area (Å²) in [5.41, 5.74) is 3.30. The number of aromatic amines is 1. The summed E-state index contributed by atoms with van der Waals surface area (Å²) in [7, 11) is 0. The molecule has 1 atom stereocenters. The van der Waals surface area contributed by atoms with Gasteiger partial charge >= 0.3 is 0 Å². The van der Waals surface area contributed by atoms with E-state index in [9.17, 15) is 0 Å². The lowest BCUT2D eigenvalue weighted by atomic mass is 10.2. The Labute approximate surface area is 170 Å². The number of nitrogens with one attached hydrogen (secondary N) is 1. The van der Waals surface area contributed by atoms with Crippen LogP contribution in [0, 0.1) is 0 Å². The van der Waals surface area contributed by atoms with Gasteiger partial charge in [-0.25, -0.2) is 4.99 Å². The first-order valence-corrected chi connectivity index (χ1v) is 11.0. The molecule has 7 nitrogen and oxygen atoms in total. The number of aromatic nitrogens is 4. The van der Waals surface area contributed by atoms with Crippen LogP contribution in [0.1, 0.15) is 64.9 Å². The summed E-state index contributed by atoms with van der Waals surface area (Å²) in [4.78, 5) is 7.91. The minimum Gasteiger partial charge on any atom is -0.323 e. The minimum absolute atomic E-state index is 0.0385. The number of azo groups is 1. The van der Waals surface area contributed by atoms with E-state index in [0.717, 1.165) is 47.8 Å². The minimum atomic E-state index is 0.0385. The number of thioether (sulfide) groups is 1. The van der Waals surface area contributed by atoms with Crippen LogP contribution in [0.4, 0.5) is 5.69 Å². The zero-order valence-electron chi connectivity index (χ0n) is 16.9. The number of fused-ring (bicyclic) bond motifs is 1. The normalized spacial score (nSPS) is 14.8. The van der Waals surface area contributed by atoms with Gasteiger partial charge in [0.1, 0.15) is 5.82 Å². The van der Waals surface area contributed by atoms with E-state index in [0.29, 0.717) is 5.17 Å². The highest BCUT2D eigenvalue weighted by Crippen LogP contribution is 2.28. The maximum absolute atomic E-state index is 4.61. The summed E-state index contributed by atoms with van der Waals surface area (Å²) in [6, 6.07) is 0. The van der Waals surface area contributed by atoms with Crippen molar-refractivity contribution in [3.05, 3.63) is 23.3 Å². The first-order valence-electron chi connectivity index (χ1n) is 9.27. The average Bonchev–Trinajstić information content (AvgIpc) is 3.18. The van der Waals surface area contributed by atoms with Crippen LogP contribution in [0.5, 0.6) is 0 Å². The van der Waals surface area contributed by atoms with Crippen LogP contribution in [-0.4, -0.2) is 36.5 Å². The van der Waals surface area contributed by atoms with Crippen molar-refractivity contribution >= 4 is 40.9 Å².